The van der Waals surface area contributed by atoms with E-state index in [1.807, 2.05) is 0 Å². The van der Waals surface area contributed by atoms with E-state index in [2.05, 4.69) is 21.3 Å². The van der Waals surface area contributed by atoms with Crippen molar-refractivity contribution in [2.24, 2.45) is 0 Å². The van der Waals surface area contributed by atoms with Crippen molar-refractivity contribution < 1.29 is 34.5 Å². The number of carbonyl (C=O) groups is 4. The van der Waals surface area contributed by atoms with E-state index in [9.17, 15) is 29.4 Å². The quantitative estimate of drug-likeness (QED) is 0.111. The number of carbonyl (C=O) groups excluding carboxylic acids is 4. The molecule has 0 aromatic rings. The van der Waals surface area contributed by atoms with Crippen molar-refractivity contribution >= 4 is 24.0 Å². The van der Waals surface area contributed by atoms with Crippen LogP contribution in [0.5, 0.6) is 0 Å². The normalized spacial score (nSPS) is 13.9. The van der Waals surface area contributed by atoms with Gasteiger partial charge in [-0.05, 0) is 19.9 Å². The van der Waals surface area contributed by atoms with Gasteiger partial charge in [0.05, 0.1) is 19.8 Å². The Labute approximate surface area is 157 Å². The second kappa shape index (κ2) is 15.0. The first-order valence-electron chi connectivity index (χ1n) is 8.77. The van der Waals surface area contributed by atoms with E-state index >= 15 is 0 Å². The van der Waals surface area contributed by atoms with Gasteiger partial charge in [0.25, 0.3) is 0 Å². The van der Waals surface area contributed by atoms with E-state index in [4.69, 9.17) is 5.11 Å². The molecule has 11 heteroatoms. The highest BCUT2D eigenvalue weighted by Gasteiger charge is 2.27. The average Bonchev–Trinajstić information content (AvgIpc) is 2.67. The minimum atomic E-state index is -1.34. The fourth-order valence-corrected chi connectivity index (χ4v) is 2.10. The van der Waals surface area contributed by atoms with Gasteiger partial charge < -0.3 is 41.4 Å². The largest absolute Gasteiger partial charge is 0.394 e. The molecule has 3 unspecified atom stereocenters. The Morgan fingerprint density at radius 1 is 0.815 bits per heavy atom. The fraction of sp³-hybridized carbons (Fsp3) is 0.750. The van der Waals surface area contributed by atoms with Gasteiger partial charge in [-0.15, -0.1) is 0 Å². The molecule has 0 aromatic heterocycles. The zero-order valence-electron chi connectivity index (χ0n) is 15.4. The lowest BCUT2D eigenvalue weighted by atomic mass is 10.2. The van der Waals surface area contributed by atoms with Crippen molar-refractivity contribution in [2.75, 3.05) is 33.4 Å². The second-order valence-corrected chi connectivity index (χ2v) is 5.82. The molecule has 0 saturated carbocycles. The molecule has 0 heterocycles. The van der Waals surface area contributed by atoms with Crippen LogP contribution >= 0.6 is 0 Å². The Morgan fingerprint density at radius 3 is 1.81 bits per heavy atom. The molecule has 0 radical (unpaired) electrons. The van der Waals surface area contributed by atoms with E-state index in [0.717, 1.165) is 19.1 Å². The third-order valence-electron chi connectivity index (χ3n) is 3.78. The first-order chi connectivity index (χ1) is 12.9. The second-order valence-electron chi connectivity index (χ2n) is 5.82. The molecule has 0 spiro atoms. The number of likely N-dealkylation sites (N-methyl/N-ethyl adjacent to an activating group) is 1. The summed E-state index contributed by atoms with van der Waals surface area (Å²) < 4.78 is 0. The molecule has 156 valence electrons. The number of aliphatic hydroxyl groups excluding tert-OH is 3. The van der Waals surface area contributed by atoms with Gasteiger partial charge in [0, 0.05) is 13.0 Å². The van der Waals surface area contributed by atoms with Crippen LogP contribution in [0.15, 0.2) is 0 Å². The van der Waals surface area contributed by atoms with Crippen LogP contribution in [0.25, 0.3) is 0 Å². The molecule has 27 heavy (non-hydrogen) atoms. The number of nitrogens with one attached hydrogen (secondary N) is 4. The predicted octanol–water partition coefficient (Wildman–Crippen LogP) is -3.60. The Morgan fingerprint density at radius 2 is 1.33 bits per heavy atom. The van der Waals surface area contributed by atoms with Gasteiger partial charge in [-0.2, -0.15) is 0 Å². The Balaban J connectivity index is 4.50. The summed E-state index contributed by atoms with van der Waals surface area (Å²) in [4.78, 5) is 46.2. The summed E-state index contributed by atoms with van der Waals surface area (Å²) in [7, 11) is 1.44. The lowest BCUT2D eigenvalue weighted by Gasteiger charge is -2.22. The van der Waals surface area contributed by atoms with Gasteiger partial charge >= 0.3 is 0 Å². The topological polar surface area (TPSA) is 177 Å². The van der Waals surface area contributed by atoms with E-state index in [0.29, 0.717) is 19.4 Å². The Bertz CT molecular complexity index is 472. The highest BCUT2D eigenvalue weighted by atomic mass is 16.3. The van der Waals surface area contributed by atoms with Crippen molar-refractivity contribution in [3.05, 3.63) is 0 Å². The third kappa shape index (κ3) is 9.99. The molecule has 7 N–H and O–H groups in total. The number of amides is 3. The van der Waals surface area contributed by atoms with Gasteiger partial charge in [-0.25, -0.2) is 0 Å². The summed E-state index contributed by atoms with van der Waals surface area (Å²) in [6.07, 6.45) is 3.41. The van der Waals surface area contributed by atoms with E-state index in [1.54, 1.807) is 0 Å². The van der Waals surface area contributed by atoms with Crippen molar-refractivity contribution in [1.82, 2.24) is 21.3 Å². The summed E-state index contributed by atoms with van der Waals surface area (Å²) in [5, 5.41) is 37.2. The number of hydrogen-bond acceptors (Lipinski definition) is 8. The molecule has 0 aliphatic rings. The minimum absolute atomic E-state index is 0.324. The van der Waals surface area contributed by atoms with Gasteiger partial charge in [0.1, 0.15) is 24.4 Å². The van der Waals surface area contributed by atoms with Crippen LogP contribution in [0.4, 0.5) is 0 Å². The lowest BCUT2D eigenvalue weighted by molar-refractivity contribution is -0.134. The predicted molar refractivity (Wildman–Crippen MR) is 95.5 cm³/mol. The zero-order chi connectivity index (χ0) is 20.7. The first kappa shape index (κ1) is 24.9. The smallest absolute Gasteiger partial charge is 0.245 e. The summed E-state index contributed by atoms with van der Waals surface area (Å²) >= 11 is 0. The highest BCUT2D eigenvalue weighted by Crippen LogP contribution is 1.97. The Kier molecular flexibility index (Phi) is 13.9. The molecule has 0 aromatic carbocycles. The summed E-state index contributed by atoms with van der Waals surface area (Å²) in [5.41, 5.74) is 0. The molecular formula is C16H30N4O7. The van der Waals surface area contributed by atoms with E-state index in [1.165, 1.54) is 7.05 Å². The molecule has 0 aliphatic heterocycles. The number of aliphatic hydroxyl groups is 3. The molecule has 0 fully saturated rings. The van der Waals surface area contributed by atoms with Crippen LogP contribution in [0, 0.1) is 0 Å². The fourth-order valence-electron chi connectivity index (χ4n) is 2.10. The van der Waals surface area contributed by atoms with Gasteiger partial charge in [-0.3, -0.25) is 14.4 Å². The van der Waals surface area contributed by atoms with Crippen molar-refractivity contribution in [2.45, 2.75) is 43.8 Å². The lowest BCUT2D eigenvalue weighted by Crippen LogP contribution is -2.58. The van der Waals surface area contributed by atoms with E-state index < -0.39 is 55.7 Å². The molecule has 11 nitrogen and oxygen atoms in total. The number of rotatable bonds is 15. The Hall–Kier alpha value is -2.08. The average molecular weight is 390 g/mol. The maximum Gasteiger partial charge on any atom is 0.245 e. The van der Waals surface area contributed by atoms with Crippen molar-refractivity contribution in [1.29, 1.82) is 0 Å². The zero-order valence-corrected chi connectivity index (χ0v) is 15.4. The van der Waals surface area contributed by atoms with Gasteiger partial charge in [-0.1, -0.05) is 6.42 Å². The molecule has 0 rings (SSSR count). The number of aldehydes is 1. The van der Waals surface area contributed by atoms with Crippen LogP contribution in [0.2, 0.25) is 0 Å². The standard InChI is InChI=1S/C16H30N4O7/c1-17-11(8-22)15(26)20-13(10-24)16(27)19-12(9-23)14(25)18-6-4-2-3-5-7-21/h7,11-13,17,22-24H,2-6,8-10H2,1H3,(H,18,25)(H,19,27)(H,20,26). The molecular weight excluding hydrogens is 360 g/mol. The molecule has 0 saturated heterocycles. The monoisotopic (exact) mass is 390 g/mol. The summed E-state index contributed by atoms with van der Waals surface area (Å²) in [6.45, 7) is -1.57. The highest BCUT2D eigenvalue weighted by molar-refractivity contribution is 5.93. The van der Waals surface area contributed by atoms with Crippen LogP contribution < -0.4 is 21.3 Å². The maximum absolute atomic E-state index is 12.1. The molecule has 0 bridgehead atoms. The summed E-state index contributed by atoms with van der Waals surface area (Å²) in [6, 6.07) is -3.54. The molecule has 3 atom stereocenters. The van der Waals surface area contributed by atoms with Crippen LogP contribution in [0.1, 0.15) is 25.7 Å². The maximum atomic E-state index is 12.1. The molecule has 0 aliphatic carbocycles. The summed E-state index contributed by atoms with van der Waals surface area (Å²) in [5.74, 6) is -2.15. The van der Waals surface area contributed by atoms with Crippen LogP contribution in [-0.2, 0) is 19.2 Å². The number of hydrogen-bond donors (Lipinski definition) is 7. The minimum Gasteiger partial charge on any atom is -0.394 e. The molecule has 3 amide bonds. The van der Waals surface area contributed by atoms with Crippen LogP contribution in [0.3, 0.4) is 0 Å². The van der Waals surface area contributed by atoms with Gasteiger partial charge in [0.2, 0.25) is 17.7 Å². The van der Waals surface area contributed by atoms with Crippen molar-refractivity contribution in [3.63, 3.8) is 0 Å². The van der Waals surface area contributed by atoms with Gasteiger partial charge in [0.15, 0.2) is 0 Å². The van der Waals surface area contributed by atoms with Crippen LogP contribution in [-0.4, -0.2) is 90.9 Å². The SMILES string of the molecule is CNC(CO)C(=O)NC(CO)C(=O)NC(CO)C(=O)NCCCCCC=O. The number of unbranched alkanes of at least 4 members (excludes halogenated alkanes) is 3. The third-order valence-corrected chi connectivity index (χ3v) is 3.78. The van der Waals surface area contributed by atoms with Crippen molar-refractivity contribution in [3.8, 4) is 0 Å². The first-order valence-corrected chi connectivity index (χ1v) is 8.77. The van der Waals surface area contributed by atoms with E-state index in [-0.39, 0.29) is 0 Å².